The number of esters is 2. The van der Waals surface area contributed by atoms with Gasteiger partial charge in [0.15, 0.2) is 5.78 Å². The number of carbonyl (C=O) groups excluding carboxylic acids is 3. The molecule has 1 aliphatic carbocycles. The highest BCUT2D eigenvalue weighted by Gasteiger charge is 2.26. The van der Waals surface area contributed by atoms with Crippen LogP contribution in [0.4, 0.5) is 0 Å². The van der Waals surface area contributed by atoms with Gasteiger partial charge in [0.2, 0.25) is 0 Å². The molecule has 0 amide bonds. The first-order chi connectivity index (χ1) is 22.4. The monoisotopic (exact) mass is 646 g/mol. The molecule has 1 aliphatic rings. The molecule has 7 heteroatoms. The van der Waals surface area contributed by atoms with Crippen molar-refractivity contribution in [2.45, 2.75) is 167 Å². The molecule has 0 aliphatic heterocycles. The third-order valence-electron chi connectivity index (χ3n) is 8.63. The van der Waals surface area contributed by atoms with E-state index in [1.165, 1.54) is 64.2 Å². The Kier molecular flexibility index (Phi) is 26.3. The van der Waals surface area contributed by atoms with E-state index in [9.17, 15) is 24.6 Å². The summed E-state index contributed by atoms with van der Waals surface area (Å²) >= 11 is 0. The average molecular weight is 647 g/mol. The van der Waals surface area contributed by atoms with E-state index in [1.807, 2.05) is 24.3 Å². The van der Waals surface area contributed by atoms with Gasteiger partial charge in [0.1, 0.15) is 19.3 Å². The van der Waals surface area contributed by atoms with Gasteiger partial charge < -0.3 is 19.7 Å². The molecule has 0 fully saturated rings. The summed E-state index contributed by atoms with van der Waals surface area (Å²) in [5, 5.41) is 20.1. The minimum Gasteiger partial charge on any atom is -0.463 e. The molecule has 264 valence electrons. The Labute approximate surface area is 280 Å². The smallest absolute Gasteiger partial charge is 0.305 e. The molecule has 2 N–H and O–H groups in total. The Balaban J connectivity index is 2.03. The topological polar surface area (TPSA) is 110 Å². The van der Waals surface area contributed by atoms with Gasteiger partial charge in [-0.25, -0.2) is 0 Å². The zero-order chi connectivity index (χ0) is 33.7. The van der Waals surface area contributed by atoms with Gasteiger partial charge in [-0.15, -0.1) is 0 Å². The van der Waals surface area contributed by atoms with E-state index in [0.29, 0.717) is 19.3 Å². The van der Waals surface area contributed by atoms with Crippen LogP contribution in [-0.2, 0) is 23.9 Å². The van der Waals surface area contributed by atoms with Gasteiger partial charge >= 0.3 is 11.9 Å². The molecule has 0 radical (unpaired) electrons. The van der Waals surface area contributed by atoms with Crippen LogP contribution < -0.4 is 0 Å². The van der Waals surface area contributed by atoms with Crippen LogP contribution in [0.25, 0.3) is 0 Å². The van der Waals surface area contributed by atoms with Crippen LogP contribution in [-0.4, -0.2) is 53.4 Å². The zero-order valence-electron chi connectivity index (χ0n) is 29.2. The molecule has 46 heavy (non-hydrogen) atoms. The average Bonchev–Trinajstić information content (AvgIpc) is 3.40. The standard InChI is InChI=1S/C39H66O7/c1-3-5-7-8-9-10-11-12-13-14-15-16-21-25-38(43)45-31-35(41)32-46-39(44)26-22-18-17-20-23-33-27-30-37(42)36(33)29-28-34(40)24-19-6-4-2/h17,20,27-30,33-36,40-41H,3-16,18-19,21-26,31-32H2,1-2H3/b20-17-,29-28+/t33-,34-,35+,36+/m0/s1. The fourth-order valence-corrected chi connectivity index (χ4v) is 5.66. The third-order valence-corrected chi connectivity index (χ3v) is 8.63. The number of aliphatic hydroxyl groups excluding tert-OH is 2. The summed E-state index contributed by atoms with van der Waals surface area (Å²) < 4.78 is 10.3. The molecule has 0 aromatic heterocycles. The first-order valence-electron chi connectivity index (χ1n) is 18.6. The number of aliphatic hydroxyl groups is 2. The highest BCUT2D eigenvalue weighted by molar-refractivity contribution is 5.95. The maximum absolute atomic E-state index is 12.2. The number of rotatable bonds is 30. The van der Waals surface area contributed by atoms with Gasteiger partial charge in [-0.05, 0) is 44.1 Å². The van der Waals surface area contributed by atoms with Crippen molar-refractivity contribution >= 4 is 17.7 Å². The van der Waals surface area contributed by atoms with Crippen LogP contribution in [0.2, 0.25) is 0 Å². The molecule has 0 aromatic rings. The van der Waals surface area contributed by atoms with Crippen molar-refractivity contribution in [1.29, 1.82) is 0 Å². The minimum atomic E-state index is -1.03. The number of ketones is 1. The van der Waals surface area contributed by atoms with Crippen molar-refractivity contribution in [1.82, 2.24) is 0 Å². The summed E-state index contributed by atoms with van der Waals surface area (Å²) in [4.78, 5) is 36.2. The molecule has 0 bridgehead atoms. The van der Waals surface area contributed by atoms with Gasteiger partial charge in [0.05, 0.1) is 6.10 Å². The Morgan fingerprint density at radius 1 is 0.739 bits per heavy atom. The first-order valence-corrected chi connectivity index (χ1v) is 18.6. The number of hydrogen-bond acceptors (Lipinski definition) is 7. The summed E-state index contributed by atoms with van der Waals surface area (Å²) in [7, 11) is 0. The molecule has 7 nitrogen and oxygen atoms in total. The molecule has 0 saturated heterocycles. The largest absolute Gasteiger partial charge is 0.463 e. The fourth-order valence-electron chi connectivity index (χ4n) is 5.66. The maximum Gasteiger partial charge on any atom is 0.305 e. The number of allylic oxidation sites excluding steroid dienone is 5. The molecule has 0 heterocycles. The quantitative estimate of drug-likeness (QED) is 0.0455. The van der Waals surface area contributed by atoms with Crippen LogP contribution in [0, 0.1) is 11.8 Å². The van der Waals surface area contributed by atoms with Crippen molar-refractivity contribution in [3.8, 4) is 0 Å². The molecule has 0 aromatic carbocycles. The second kappa shape index (κ2) is 28.9. The molecule has 0 spiro atoms. The van der Waals surface area contributed by atoms with Gasteiger partial charge in [0.25, 0.3) is 0 Å². The van der Waals surface area contributed by atoms with Crippen LogP contribution in [0.3, 0.4) is 0 Å². The van der Waals surface area contributed by atoms with Crippen LogP contribution in [0.1, 0.15) is 155 Å². The molecule has 0 unspecified atom stereocenters. The van der Waals surface area contributed by atoms with E-state index < -0.39 is 18.2 Å². The minimum absolute atomic E-state index is 0.0740. The molecular formula is C39H66O7. The van der Waals surface area contributed by atoms with E-state index >= 15 is 0 Å². The van der Waals surface area contributed by atoms with Crippen molar-refractivity contribution in [2.75, 3.05) is 13.2 Å². The predicted molar refractivity (Wildman–Crippen MR) is 186 cm³/mol. The lowest BCUT2D eigenvalue weighted by atomic mass is 9.90. The summed E-state index contributed by atoms with van der Waals surface area (Å²) in [6, 6.07) is 0. The van der Waals surface area contributed by atoms with Gasteiger partial charge in [-0.2, -0.15) is 0 Å². The van der Waals surface area contributed by atoms with Crippen molar-refractivity contribution in [3.63, 3.8) is 0 Å². The highest BCUT2D eigenvalue weighted by Crippen LogP contribution is 2.27. The number of ether oxygens (including phenoxy) is 2. The molecule has 4 atom stereocenters. The maximum atomic E-state index is 12.2. The van der Waals surface area contributed by atoms with Gasteiger partial charge in [0, 0.05) is 18.8 Å². The Bertz CT molecular complexity index is 878. The summed E-state index contributed by atoms with van der Waals surface area (Å²) in [5.74, 6) is -0.786. The number of unbranched alkanes of at least 4 members (excludes halogenated alkanes) is 15. The summed E-state index contributed by atoms with van der Waals surface area (Å²) in [5.41, 5.74) is 0. The van der Waals surface area contributed by atoms with Crippen LogP contribution >= 0.6 is 0 Å². The highest BCUT2D eigenvalue weighted by atomic mass is 16.6. The normalized spacial score (nSPS) is 17.7. The Morgan fingerprint density at radius 3 is 1.85 bits per heavy atom. The molecular weight excluding hydrogens is 580 g/mol. The van der Waals surface area contributed by atoms with E-state index in [2.05, 4.69) is 13.8 Å². The third kappa shape index (κ3) is 23.1. The Morgan fingerprint density at radius 2 is 1.26 bits per heavy atom. The number of carbonyl (C=O) groups is 3. The summed E-state index contributed by atoms with van der Waals surface area (Å²) in [6.07, 6.45) is 32.5. The lowest BCUT2D eigenvalue weighted by Crippen LogP contribution is -2.25. The van der Waals surface area contributed by atoms with Crippen LogP contribution in [0.15, 0.2) is 36.5 Å². The second-order valence-electron chi connectivity index (χ2n) is 13.0. The lowest BCUT2D eigenvalue weighted by molar-refractivity contribution is -0.152. The number of hydrogen-bond donors (Lipinski definition) is 2. The van der Waals surface area contributed by atoms with E-state index in [1.54, 1.807) is 12.2 Å². The first kappa shape index (κ1) is 41.8. The Hall–Kier alpha value is -2.25. The second-order valence-corrected chi connectivity index (χ2v) is 13.0. The van der Waals surface area contributed by atoms with Crippen LogP contribution in [0.5, 0.6) is 0 Å². The fraction of sp³-hybridized carbons (Fsp3) is 0.769. The van der Waals surface area contributed by atoms with E-state index in [0.717, 1.165) is 51.4 Å². The van der Waals surface area contributed by atoms with Crippen molar-refractivity contribution in [3.05, 3.63) is 36.5 Å². The van der Waals surface area contributed by atoms with Crippen molar-refractivity contribution < 1.29 is 34.1 Å². The van der Waals surface area contributed by atoms with E-state index in [4.69, 9.17) is 9.47 Å². The SMILES string of the molecule is CCCCCCCCCCCCCCCC(=O)OC[C@@H](O)COC(=O)CCC/C=C\C[C@H]1C=CC(=O)[C@@H]1/C=C/[C@@H](O)CCCCC. The predicted octanol–water partition coefficient (Wildman–Crippen LogP) is 8.90. The summed E-state index contributed by atoms with van der Waals surface area (Å²) in [6.45, 7) is 4.02. The van der Waals surface area contributed by atoms with Gasteiger partial charge in [-0.1, -0.05) is 141 Å². The lowest BCUT2D eigenvalue weighted by Gasteiger charge is -2.13. The molecule has 0 saturated carbocycles. The van der Waals surface area contributed by atoms with Crippen molar-refractivity contribution in [2.24, 2.45) is 11.8 Å². The van der Waals surface area contributed by atoms with Gasteiger partial charge in [-0.3, -0.25) is 14.4 Å². The molecule has 1 rings (SSSR count). The zero-order valence-corrected chi connectivity index (χ0v) is 29.2. The van der Waals surface area contributed by atoms with E-state index in [-0.39, 0.29) is 43.2 Å².